The van der Waals surface area contributed by atoms with Crippen molar-refractivity contribution in [2.75, 3.05) is 18.4 Å². The van der Waals surface area contributed by atoms with Gasteiger partial charge in [-0.25, -0.2) is 15.1 Å². The summed E-state index contributed by atoms with van der Waals surface area (Å²) >= 11 is 0. The summed E-state index contributed by atoms with van der Waals surface area (Å²) in [5.41, 5.74) is 1.85. The summed E-state index contributed by atoms with van der Waals surface area (Å²) in [7, 11) is -3.59. The van der Waals surface area contributed by atoms with Gasteiger partial charge in [0.15, 0.2) is 5.65 Å². The minimum Gasteiger partial charge on any atom is -0.351 e. The van der Waals surface area contributed by atoms with Crippen LogP contribution in [0, 0.1) is 0 Å². The minimum absolute atomic E-state index is 0.139. The van der Waals surface area contributed by atoms with Crippen LogP contribution in [-0.4, -0.2) is 51.4 Å². The van der Waals surface area contributed by atoms with Crippen LogP contribution in [0.1, 0.15) is 37.3 Å². The molecule has 0 bridgehead atoms. The molecular weight excluding hydrogens is 318 g/mol. The van der Waals surface area contributed by atoms with E-state index in [9.17, 15) is 8.42 Å². The number of hydrogen-bond acceptors (Lipinski definition) is 6. The number of nitrogens with two attached hydrogens (primary N) is 1. The Morgan fingerprint density at radius 1 is 1.17 bits per heavy atom. The molecule has 0 atom stereocenters. The summed E-state index contributed by atoms with van der Waals surface area (Å²) in [5, 5.41) is 13.1. The summed E-state index contributed by atoms with van der Waals surface area (Å²) in [6.07, 6.45) is 5.26. The lowest BCUT2D eigenvalue weighted by Crippen LogP contribution is -2.45. The quantitative estimate of drug-likeness (QED) is 0.816. The van der Waals surface area contributed by atoms with E-state index in [1.807, 2.05) is 6.07 Å². The first-order valence-corrected chi connectivity index (χ1v) is 9.26. The van der Waals surface area contributed by atoms with Gasteiger partial charge >= 0.3 is 0 Å². The zero-order valence-electron chi connectivity index (χ0n) is 12.6. The van der Waals surface area contributed by atoms with E-state index >= 15 is 0 Å². The molecule has 2 aromatic rings. The van der Waals surface area contributed by atoms with Crippen LogP contribution in [0.25, 0.3) is 5.65 Å². The van der Waals surface area contributed by atoms with E-state index < -0.39 is 10.2 Å². The SMILES string of the molecule is NS(=O)(=O)N1CCC(Nc2ncnc3cc(C4CC4)nn23)CC1. The molecule has 3 heterocycles. The molecule has 2 aromatic heterocycles. The first-order chi connectivity index (χ1) is 11.0. The lowest BCUT2D eigenvalue weighted by atomic mass is 10.1. The number of nitrogens with zero attached hydrogens (tertiary/aromatic N) is 5. The van der Waals surface area contributed by atoms with E-state index in [0.29, 0.717) is 37.8 Å². The van der Waals surface area contributed by atoms with Crippen LogP contribution in [0.3, 0.4) is 0 Å². The summed E-state index contributed by atoms with van der Waals surface area (Å²) in [6, 6.07) is 2.15. The highest BCUT2D eigenvalue weighted by Gasteiger charge is 2.28. The fourth-order valence-electron chi connectivity index (χ4n) is 2.95. The monoisotopic (exact) mass is 337 g/mol. The Bertz CT molecular complexity index is 822. The first kappa shape index (κ1) is 14.8. The van der Waals surface area contributed by atoms with E-state index in [2.05, 4.69) is 20.4 Å². The van der Waals surface area contributed by atoms with E-state index in [-0.39, 0.29) is 6.04 Å². The van der Waals surface area contributed by atoms with Gasteiger partial charge in [0.2, 0.25) is 5.95 Å². The zero-order valence-corrected chi connectivity index (χ0v) is 13.4. The molecular formula is C13H19N7O2S. The Hall–Kier alpha value is -1.78. The third-order valence-electron chi connectivity index (χ3n) is 4.42. The van der Waals surface area contributed by atoms with Crippen molar-refractivity contribution in [3.05, 3.63) is 18.1 Å². The standard InChI is InChI=1S/C13H19N7O2S/c14-23(21,22)19-5-3-10(4-6-19)17-13-16-8-15-12-7-11(9-1-2-9)18-20(12)13/h7-10H,1-6H2,(H2,14,21,22)(H,15,16,17). The third-order valence-corrected chi connectivity index (χ3v) is 5.51. The normalized spacial score (nSPS) is 20.9. The Morgan fingerprint density at radius 3 is 2.57 bits per heavy atom. The number of anilines is 1. The molecule has 1 saturated heterocycles. The first-order valence-electron chi connectivity index (χ1n) is 7.76. The van der Waals surface area contributed by atoms with E-state index in [1.54, 1.807) is 4.52 Å². The van der Waals surface area contributed by atoms with Crippen molar-refractivity contribution in [3.8, 4) is 0 Å². The van der Waals surface area contributed by atoms with Crippen molar-refractivity contribution in [2.45, 2.75) is 37.6 Å². The summed E-state index contributed by atoms with van der Waals surface area (Å²) < 4.78 is 25.7. The third kappa shape index (κ3) is 3.01. The maximum atomic E-state index is 11.3. The lowest BCUT2D eigenvalue weighted by molar-refractivity contribution is 0.329. The molecule has 10 heteroatoms. The van der Waals surface area contributed by atoms with Crippen LogP contribution in [0.2, 0.25) is 0 Å². The van der Waals surface area contributed by atoms with Crippen LogP contribution in [-0.2, 0) is 10.2 Å². The van der Waals surface area contributed by atoms with E-state index in [0.717, 1.165) is 11.3 Å². The molecule has 0 amide bonds. The van der Waals surface area contributed by atoms with Crippen molar-refractivity contribution in [1.29, 1.82) is 0 Å². The Balaban J connectivity index is 1.50. The van der Waals surface area contributed by atoms with Gasteiger partial charge in [0.05, 0.1) is 5.69 Å². The molecule has 23 heavy (non-hydrogen) atoms. The molecule has 1 aliphatic carbocycles. The molecule has 2 fully saturated rings. The Labute approximate surface area is 134 Å². The van der Waals surface area contributed by atoms with Gasteiger partial charge in [-0.2, -0.15) is 22.3 Å². The number of rotatable bonds is 4. The second-order valence-electron chi connectivity index (χ2n) is 6.17. The lowest BCUT2D eigenvalue weighted by Gasteiger charge is -2.30. The second kappa shape index (κ2) is 5.39. The minimum atomic E-state index is -3.59. The highest BCUT2D eigenvalue weighted by Crippen LogP contribution is 2.39. The molecule has 0 unspecified atom stereocenters. The predicted octanol–water partition coefficient (Wildman–Crippen LogP) is 0.0815. The van der Waals surface area contributed by atoms with E-state index in [4.69, 9.17) is 5.14 Å². The van der Waals surface area contributed by atoms with Gasteiger partial charge in [0.25, 0.3) is 10.2 Å². The maximum absolute atomic E-state index is 11.3. The Morgan fingerprint density at radius 2 is 1.91 bits per heavy atom. The molecule has 2 aliphatic rings. The molecule has 0 aromatic carbocycles. The molecule has 9 nitrogen and oxygen atoms in total. The van der Waals surface area contributed by atoms with Crippen molar-refractivity contribution in [1.82, 2.24) is 23.9 Å². The molecule has 1 aliphatic heterocycles. The number of fused-ring (bicyclic) bond motifs is 1. The number of hydrogen-bond donors (Lipinski definition) is 2. The van der Waals surface area contributed by atoms with Crippen LogP contribution in [0.4, 0.5) is 5.95 Å². The Kier molecular flexibility index (Phi) is 3.47. The average molecular weight is 337 g/mol. The van der Waals surface area contributed by atoms with Crippen molar-refractivity contribution in [3.63, 3.8) is 0 Å². The fraction of sp³-hybridized carbons (Fsp3) is 0.615. The van der Waals surface area contributed by atoms with Crippen molar-refractivity contribution >= 4 is 21.8 Å². The molecule has 1 saturated carbocycles. The zero-order chi connectivity index (χ0) is 16.0. The molecule has 124 valence electrons. The van der Waals surface area contributed by atoms with Crippen molar-refractivity contribution in [2.24, 2.45) is 5.14 Å². The molecule has 3 N–H and O–H groups in total. The number of aromatic nitrogens is 4. The number of nitrogens with one attached hydrogen (secondary N) is 1. The van der Waals surface area contributed by atoms with Gasteiger partial charge in [-0.3, -0.25) is 0 Å². The van der Waals surface area contributed by atoms with Crippen LogP contribution in [0.15, 0.2) is 12.4 Å². The van der Waals surface area contributed by atoms with Gasteiger partial charge in [0.1, 0.15) is 6.33 Å². The highest BCUT2D eigenvalue weighted by atomic mass is 32.2. The summed E-state index contributed by atoms with van der Waals surface area (Å²) in [4.78, 5) is 8.54. The van der Waals surface area contributed by atoms with Crippen LogP contribution < -0.4 is 10.5 Å². The van der Waals surface area contributed by atoms with E-state index in [1.165, 1.54) is 23.5 Å². The molecule has 0 spiro atoms. The molecule has 4 rings (SSSR count). The van der Waals surface area contributed by atoms with Crippen LogP contribution in [0.5, 0.6) is 0 Å². The van der Waals surface area contributed by atoms with Crippen LogP contribution >= 0.6 is 0 Å². The fourth-order valence-corrected chi connectivity index (χ4v) is 3.67. The number of piperidine rings is 1. The average Bonchev–Trinajstić information content (AvgIpc) is 3.26. The van der Waals surface area contributed by atoms with Gasteiger partial charge < -0.3 is 5.32 Å². The summed E-state index contributed by atoms with van der Waals surface area (Å²) in [5.74, 6) is 1.21. The molecule has 0 radical (unpaired) electrons. The summed E-state index contributed by atoms with van der Waals surface area (Å²) in [6.45, 7) is 0.828. The van der Waals surface area contributed by atoms with Gasteiger partial charge in [-0.1, -0.05) is 0 Å². The predicted molar refractivity (Wildman–Crippen MR) is 84.1 cm³/mol. The van der Waals surface area contributed by atoms with Crippen molar-refractivity contribution < 1.29 is 8.42 Å². The van der Waals surface area contributed by atoms with Gasteiger partial charge in [-0.05, 0) is 25.7 Å². The smallest absolute Gasteiger partial charge is 0.276 e. The maximum Gasteiger partial charge on any atom is 0.276 e. The second-order valence-corrected chi connectivity index (χ2v) is 7.72. The topological polar surface area (TPSA) is 119 Å². The van der Waals surface area contributed by atoms with Gasteiger partial charge in [-0.15, -0.1) is 0 Å². The van der Waals surface area contributed by atoms with Gasteiger partial charge in [0, 0.05) is 31.1 Å². The largest absolute Gasteiger partial charge is 0.351 e. The highest BCUT2D eigenvalue weighted by molar-refractivity contribution is 7.86.